The van der Waals surface area contributed by atoms with Crippen LogP contribution in [0.5, 0.6) is 5.75 Å². The summed E-state index contributed by atoms with van der Waals surface area (Å²) >= 11 is 6.06. The number of carboxylic acid groups (broad SMARTS) is 1. The molecule has 2 fully saturated rings. The second-order valence-electron chi connectivity index (χ2n) is 10.1. The zero-order valence-electron chi connectivity index (χ0n) is 21.0. The first-order chi connectivity index (χ1) is 17.9. The lowest BCUT2D eigenvalue weighted by atomic mass is 9.68. The van der Waals surface area contributed by atoms with E-state index in [4.69, 9.17) is 21.4 Å². The molecule has 0 aliphatic heterocycles. The summed E-state index contributed by atoms with van der Waals surface area (Å²) in [4.78, 5) is 36.9. The highest BCUT2D eigenvalue weighted by molar-refractivity contribution is 6.30. The Morgan fingerprint density at radius 1 is 0.865 bits per heavy atom. The van der Waals surface area contributed by atoms with Crippen LogP contribution >= 0.6 is 11.6 Å². The zero-order valence-corrected chi connectivity index (χ0v) is 21.8. The van der Waals surface area contributed by atoms with Crippen LogP contribution in [0.2, 0.25) is 5.02 Å². The lowest BCUT2D eigenvalue weighted by Crippen LogP contribution is -2.47. The number of benzene rings is 2. The maximum absolute atomic E-state index is 13.3. The third kappa shape index (κ3) is 6.83. The third-order valence-electron chi connectivity index (χ3n) is 7.68. The van der Waals surface area contributed by atoms with E-state index in [2.05, 4.69) is 10.6 Å². The average molecular weight is 527 g/mol. The molecule has 0 spiro atoms. The minimum Gasteiger partial charge on any atom is -0.490 e. The summed E-state index contributed by atoms with van der Waals surface area (Å²) in [5, 5.41) is 15.7. The molecule has 0 saturated heterocycles. The van der Waals surface area contributed by atoms with Gasteiger partial charge < -0.3 is 20.5 Å². The Balaban J connectivity index is 1.23. The molecule has 2 aromatic rings. The molecule has 2 saturated carbocycles. The molecule has 198 valence electrons. The SMILES string of the molecule is O=C(NCCNC(=O)C1(c2ccc(Cl)cc2)CCCCC1)c1ccc(O[C@H]2CC[C@@H](C(=O)O)CC2)cc1. The Hall–Kier alpha value is -3.06. The second-order valence-corrected chi connectivity index (χ2v) is 10.6. The molecule has 8 heteroatoms. The van der Waals surface area contributed by atoms with Crippen molar-refractivity contribution in [1.82, 2.24) is 10.6 Å². The van der Waals surface area contributed by atoms with Crippen LogP contribution in [0.3, 0.4) is 0 Å². The van der Waals surface area contributed by atoms with Crippen molar-refractivity contribution >= 4 is 29.4 Å². The number of halogens is 1. The summed E-state index contributed by atoms with van der Waals surface area (Å²) in [5.74, 6) is -0.553. The van der Waals surface area contributed by atoms with Gasteiger partial charge in [0.1, 0.15) is 5.75 Å². The van der Waals surface area contributed by atoms with Gasteiger partial charge in [0.05, 0.1) is 17.4 Å². The van der Waals surface area contributed by atoms with E-state index in [0.29, 0.717) is 55.1 Å². The van der Waals surface area contributed by atoms with Crippen LogP contribution in [0.25, 0.3) is 0 Å². The molecular formula is C29H35ClN2O5. The minimum absolute atomic E-state index is 0.000724. The molecule has 7 nitrogen and oxygen atoms in total. The number of ether oxygens (including phenoxy) is 1. The monoisotopic (exact) mass is 526 g/mol. The van der Waals surface area contributed by atoms with Crippen molar-refractivity contribution in [3.8, 4) is 5.75 Å². The number of amides is 2. The summed E-state index contributed by atoms with van der Waals surface area (Å²) < 4.78 is 5.97. The smallest absolute Gasteiger partial charge is 0.306 e. The number of nitrogens with one attached hydrogen (secondary N) is 2. The second kappa shape index (κ2) is 12.5. The minimum atomic E-state index is -0.733. The first-order valence-electron chi connectivity index (χ1n) is 13.2. The van der Waals surface area contributed by atoms with Crippen LogP contribution in [-0.2, 0) is 15.0 Å². The summed E-state index contributed by atoms with van der Waals surface area (Å²) in [7, 11) is 0. The number of hydrogen-bond acceptors (Lipinski definition) is 4. The van der Waals surface area contributed by atoms with Crippen LogP contribution in [0.4, 0.5) is 0 Å². The van der Waals surface area contributed by atoms with E-state index in [0.717, 1.165) is 37.7 Å². The van der Waals surface area contributed by atoms with Crippen LogP contribution in [0.15, 0.2) is 48.5 Å². The van der Waals surface area contributed by atoms with Gasteiger partial charge in [0.15, 0.2) is 0 Å². The molecule has 2 aliphatic carbocycles. The summed E-state index contributed by atoms with van der Waals surface area (Å²) in [6, 6.07) is 14.5. The van der Waals surface area contributed by atoms with Gasteiger partial charge >= 0.3 is 5.97 Å². The lowest BCUT2D eigenvalue weighted by molar-refractivity contribution is -0.143. The molecular weight excluding hydrogens is 492 g/mol. The lowest BCUT2D eigenvalue weighted by Gasteiger charge is -2.36. The molecule has 0 aromatic heterocycles. The molecule has 0 atom stereocenters. The van der Waals surface area contributed by atoms with Gasteiger partial charge in [-0.05, 0) is 80.5 Å². The molecule has 0 unspecified atom stereocenters. The molecule has 2 aliphatic rings. The number of rotatable bonds is 9. The highest BCUT2D eigenvalue weighted by Gasteiger charge is 2.40. The zero-order chi connectivity index (χ0) is 26.3. The Labute approximate surface area is 222 Å². The van der Waals surface area contributed by atoms with Crippen LogP contribution in [-0.4, -0.2) is 42.1 Å². The van der Waals surface area contributed by atoms with E-state index >= 15 is 0 Å². The van der Waals surface area contributed by atoms with E-state index in [1.807, 2.05) is 24.3 Å². The maximum Gasteiger partial charge on any atom is 0.306 e. The molecule has 2 aromatic carbocycles. The summed E-state index contributed by atoms with van der Waals surface area (Å²) in [6.45, 7) is 0.673. The predicted octanol–water partition coefficient (Wildman–Crippen LogP) is 5.11. The largest absolute Gasteiger partial charge is 0.490 e. The van der Waals surface area contributed by atoms with Gasteiger partial charge in [0, 0.05) is 23.7 Å². The standard InChI is InChI=1S/C29H35ClN2O5/c30-23-10-8-22(9-11-23)29(16-2-1-3-17-29)28(36)32-19-18-31-26(33)20-4-12-24(13-5-20)37-25-14-6-21(7-15-25)27(34)35/h4-5,8-13,21,25H,1-3,6-7,14-19H2,(H,31,33)(H,32,36)(H,34,35)/t21-,25+. The van der Waals surface area contributed by atoms with Crippen molar-refractivity contribution < 1.29 is 24.2 Å². The fourth-order valence-electron chi connectivity index (χ4n) is 5.50. The van der Waals surface area contributed by atoms with Crippen LogP contribution in [0, 0.1) is 5.92 Å². The number of carbonyl (C=O) groups excluding carboxylic acids is 2. The Kier molecular flexibility index (Phi) is 9.09. The average Bonchev–Trinajstić information content (AvgIpc) is 2.92. The quantitative estimate of drug-likeness (QED) is 0.394. The molecule has 3 N–H and O–H groups in total. The highest BCUT2D eigenvalue weighted by atomic mass is 35.5. The fraction of sp³-hybridized carbons (Fsp3) is 0.483. The fourth-order valence-corrected chi connectivity index (χ4v) is 5.63. The van der Waals surface area contributed by atoms with Gasteiger partial charge in [-0.1, -0.05) is 43.0 Å². The maximum atomic E-state index is 13.3. The van der Waals surface area contributed by atoms with Gasteiger partial charge in [0.25, 0.3) is 5.91 Å². The third-order valence-corrected chi connectivity index (χ3v) is 7.93. The summed E-state index contributed by atoms with van der Waals surface area (Å²) in [5.41, 5.74) is 0.962. The Morgan fingerprint density at radius 3 is 2.11 bits per heavy atom. The van der Waals surface area contributed by atoms with E-state index < -0.39 is 11.4 Å². The van der Waals surface area contributed by atoms with Crippen molar-refractivity contribution in [2.24, 2.45) is 5.92 Å². The van der Waals surface area contributed by atoms with Gasteiger partial charge in [-0.2, -0.15) is 0 Å². The van der Waals surface area contributed by atoms with Gasteiger partial charge in [-0.25, -0.2) is 0 Å². The Morgan fingerprint density at radius 2 is 1.49 bits per heavy atom. The number of hydrogen-bond donors (Lipinski definition) is 3. The molecule has 37 heavy (non-hydrogen) atoms. The molecule has 2 amide bonds. The first kappa shape index (κ1) is 27.0. The number of aliphatic carboxylic acids is 1. The van der Waals surface area contributed by atoms with Crippen molar-refractivity contribution in [2.75, 3.05) is 13.1 Å². The molecule has 4 rings (SSSR count). The van der Waals surface area contributed by atoms with E-state index in [1.54, 1.807) is 24.3 Å². The molecule has 0 heterocycles. The van der Waals surface area contributed by atoms with Crippen LogP contribution in [0.1, 0.15) is 73.7 Å². The number of carboxylic acids is 1. The predicted molar refractivity (Wildman–Crippen MR) is 142 cm³/mol. The van der Waals surface area contributed by atoms with Crippen molar-refractivity contribution in [2.45, 2.75) is 69.3 Å². The van der Waals surface area contributed by atoms with Crippen molar-refractivity contribution in [3.63, 3.8) is 0 Å². The number of carbonyl (C=O) groups is 3. The Bertz CT molecular complexity index is 1070. The molecule has 0 bridgehead atoms. The van der Waals surface area contributed by atoms with Crippen LogP contribution < -0.4 is 15.4 Å². The van der Waals surface area contributed by atoms with E-state index in [-0.39, 0.29) is 23.8 Å². The topological polar surface area (TPSA) is 105 Å². The van der Waals surface area contributed by atoms with E-state index in [9.17, 15) is 14.4 Å². The van der Waals surface area contributed by atoms with Gasteiger partial charge in [0.2, 0.25) is 5.91 Å². The van der Waals surface area contributed by atoms with Crippen molar-refractivity contribution in [1.29, 1.82) is 0 Å². The molecule has 0 radical (unpaired) electrons. The normalized spacial score (nSPS) is 21.0. The summed E-state index contributed by atoms with van der Waals surface area (Å²) in [6.07, 6.45) is 7.44. The van der Waals surface area contributed by atoms with Gasteiger partial charge in [-0.3, -0.25) is 14.4 Å². The van der Waals surface area contributed by atoms with Crippen molar-refractivity contribution in [3.05, 3.63) is 64.7 Å². The van der Waals surface area contributed by atoms with Gasteiger partial charge in [-0.15, -0.1) is 0 Å². The van der Waals surface area contributed by atoms with E-state index in [1.165, 1.54) is 0 Å². The highest BCUT2D eigenvalue weighted by Crippen LogP contribution is 2.40. The first-order valence-corrected chi connectivity index (χ1v) is 13.6.